The van der Waals surface area contributed by atoms with Crippen LogP contribution in [0.3, 0.4) is 0 Å². The van der Waals surface area contributed by atoms with Crippen LogP contribution in [0.15, 0.2) is 48.7 Å². The summed E-state index contributed by atoms with van der Waals surface area (Å²) in [5.41, 5.74) is 5.42. The van der Waals surface area contributed by atoms with E-state index in [0.29, 0.717) is 17.2 Å². The number of carbonyl (C=O) groups excluding carboxylic acids is 3. The highest BCUT2D eigenvalue weighted by Gasteiger charge is 2.20. The van der Waals surface area contributed by atoms with Crippen molar-refractivity contribution in [3.8, 4) is 5.75 Å². The summed E-state index contributed by atoms with van der Waals surface area (Å²) in [6.45, 7) is 27.7. The van der Waals surface area contributed by atoms with Crippen molar-refractivity contribution in [2.24, 2.45) is 0 Å². The molecule has 1 N–H and O–H groups in total. The van der Waals surface area contributed by atoms with E-state index in [9.17, 15) is 14.4 Å². The topological polar surface area (TPSA) is 91.4 Å². The number of nitrogens with zero attached hydrogens (tertiary/aromatic N) is 3. The number of halogens is 1. The molecule has 0 radical (unpaired) electrons. The summed E-state index contributed by atoms with van der Waals surface area (Å²) < 4.78 is 10.3. The minimum atomic E-state index is -0.353. The maximum absolute atomic E-state index is 11.1. The Hall–Kier alpha value is -3.40. The van der Waals surface area contributed by atoms with Gasteiger partial charge in [-0.05, 0) is 121 Å². The molecule has 0 aromatic heterocycles. The summed E-state index contributed by atoms with van der Waals surface area (Å²) in [5.74, 6) is 0.301. The van der Waals surface area contributed by atoms with Crippen LogP contribution in [-0.4, -0.2) is 98.4 Å². The molecule has 0 aliphatic carbocycles. The fourth-order valence-electron chi connectivity index (χ4n) is 6.33. The molecule has 2 aromatic rings. The standard InChI is InChI=1S/C16H30N2O2.C11H23NO.C10H11ClO2.C8H11N/c1-6-11-18(13-19)16(7-2)10-12-17(5)14(3)8-9-15(4)20;1-3-7-12(8-4-2)11-5-9-13-10-6-11;1-6-4-7(2)10(9(11)5-6)13-8(3)12;1-7-5-3-4-6-8(7)9-2/h13,16H,3,6-12H2,1-2,4-5H3;11H,3-10H2,1-2H3;4-5H,1-3H3;3-6,9H,1-2H3. The third-order valence-corrected chi connectivity index (χ3v) is 9.70. The van der Waals surface area contributed by atoms with Crippen molar-refractivity contribution in [1.29, 1.82) is 0 Å². The van der Waals surface area contributed by atoms with Crippen LogP contribution < -0.4 is 10.1 Å². The zero-order chi connectivity index (χ0) is 41.8. The zero-order valence-corrected chi connectivity index (χ0v) is 37.0. The summed E-state index contributed by atoms with van der Waals surface area (Å²) in [6, 6.07) is 13.0. The lowest BCUT2D eigenvalue weighted by atomic mass is 10.1. The molecule has 1 atom stereocenters. The number of ether oxygens (including phenoxy) is 2. The number of esters is 1. The molecule has 0 bridgehead atoms. The minimum absolute atomic E-state index is 0.195. The third kappa shape index (κ3) is 22.7. The van der Waals surface area contributed by atoms with Crippen LogP contribution in [0.4, 0.5) is 5.69 Å². The van der Waals surface area contributed by atoms with Gasteiger partial charge in [-0.15, -0.1) is 0 Å². The number of carbonyl (C=O) groups is 3. The van der Waals surface area contributed by atoms with Crippen LogP contribution >= 0.6 is 11.6 Å². The Bertz CT molecular complexity index is 1350. The van der Waals surface area contributed by atoms with Crippen molar-refractivity contribution in [1.82, 2.24) is 14.7 Å². The van der Waals surface area contributed by atoms with Crippen molar-refractivity contribution in [3.05, 3.63) is 70.4 Å². The maximum atomic E-state index is 11.1. The monoisotopic (exact) mass is 787 g/mol. The van der Waals surface area contributed by atoms with E-state index in [1.807, 2.05) is 51.0 Å². The number of rotatable bonds is 19. The summed E-state index contributed by atoms with van der Waals surface area (Å²) in [4.78, 5) is 39.4. The van der Waals surface area contributed by atoms with Gasteiger partial charge in [-0.1, -0.05) is 70.1 Å². The number of aryl methyl sites for hydroxylation is 3. The molecule has 1 aliphatic heterocycles. The van der Waals surface area contributed by atoms with Crippen LogP contribution in [0, 0.1) is 20.8 Å². The first-order valence-corrected chi connectivity index (χ1v) is 20.7. The Morgan fingerprint density at radius 1 is 0.945 bits per heavy atom. The van der Waals surface area contributed by atoms with E-state index in [0.717, 1.165) is 81.3 Å². The van der Waals surface area contributed by atoms with E-state index >= 15 is 0 Å². The molecule has 3 rings (SSSR count). The van der Waals surface area contributed by atoms with Gasteiger partial charge in [0.25, 0.3) is 0 Å². The molecule has 0 saturated carbocycles. The number of nitrogens with one attached hydrogen (secondary N) is 1. The fraction of sp³-hybridized carbons (Fsp3) is 0.622. The predicted octanol–water partition coefficient (Wildman–Crippen LogP) is 10.0. The highest BCUT2D eigenvalue weighted by atomic mass is 35.5. The maximum Gasteiger partial charge on any atom is 0.308 e. The highest BCUT2D eigenvalue weighted by molar-refractivity contribution is 6.32. The molecule has 10 heteroatoms. The van der Waals surface area contributed by atoms with Gasteiger partial charge in [0.15, 0.2) is 5.75 Å². The first-order valence-electron chi connectivity index (χ1n) is 20.3. The van der Waals surface area contributed by atoms with Gasteiger partial charge in [-0.3, -0.25) is 9.59 Å². The van der Waals surface area contributed by atoms with Crippen LogP contribution in [0.2, 0.25) is 5.02 Å². The van der Waals surface area contributed by atoms with E-state index in [1.165, 1.54) is 56.9 Å². The van der Waals surface area contributed by atoms with Gasteiger partial charge >= 0.3 is 5.97 Å². The van der Waals surface area contributed by atoms with Crippen LogP contribution in [0.25, 0.3) is 0 Å². The van der Waals surface area contributed by atoms with Crippen molar-refractivity contribution >= 4 is 35.5 Å². The second-order valence-corrected chi connectivity index (χ2v) is 14.7. The molecule has 1 saturated heterocycles. The summed E-state index contributed by atoms with van der Waals surface area (Å²) in [6.07, 6.45) is 10.1. The molecule has 55 heavy (non-hydrogen) atoms. The first kappa shape index (κ1) is 51.6. The van der Waals surface area contributed by atoms with Gasteiger partial charge in [0.2, 0.25) is 6.41 Å². The number of Topliss-reactive ketones (excluding diaryl/α,β-unsaturated/α-hetero) is 1. The number of hydrogen-bond acceptors (Lipinski definition) is 8. The largest absolute Gasteiger partial charge is 0.425 e. The molecule has 312 valence electrons. The van der Waals surface area contributed by atoms with Crippen molar-refractivity contribution in [2.45, 2.75) is 132 Å². The van der Waals surface area contributed by atoms with Gasteiger partial charge in [-0.25, -0.2) is 0 Å². The van der Waals surface area contributed by atoms with E-state index < -0.39 is 0 Å². The van der Waals surface area contributed by atoms with Gasteiger partial charge in [0.05, 0.1) is 5.02 Å². The van der Waals surface area contributed by atoms with Crippen molar-refractivity contribution in [2.75, 3.05) is 58.8 Å². The molecular formula is C45H75ClN4O5. The molecule has 2 aromatic carbocycles. The summed E-state index contributed by atoms with van der Waals surface area (Å²) in [5, 5.41) is 3.57. The number of para-hydroxylation sites is 1. The van der Waals surface area contributed by atoms with Gasteiger partial charge in [0.1, 0.15) is 5.78 Å². The number of ketones is 1. The van der Waals surface area contributed by atoms with Crippen LogP contribution in [0.5, 0.6) is 5.75 Å². The fourth-order valence-corrected chi connectivity index (χ4v) is 6.69. The molecule has 9 nitrogen and oxygen atoms in total. The van der Waals surface area contributed by atoms with Gasteiger partial charge in [-0.2, -0.15) is 0 Å². The average molecular weight is 788 g/mol. The second-order valence-electron chi connectivity index (χ2n) is 14.3. The number of benzene rings is 2. The van der Waals surface area contributed by atoms with Crippen LogP contribution in [0.1, 0.15) is 116 Å². The smallest absolute Gasteiger partial charge is 0.308 e. The Morgan fingerprint density at radius 3 is 2.00 bits per heavy atom. The van der Waals surface area contributed by atoms with Crippen molar-refractivity contribution in [3.63, 3.8) is 0 Å². The number of hydrogen-bond donors (Lipinski definition) is 1. The molecule has 0 spiro atoms. The predicted molar refractivity (Wildman–Crippen MR) is 232 cm³/mol. The van der Waals surface area contributed by atoms with Gasteiger partial charge in [0, 0.05) is 77.2 Å². The lowest BCUT2D eigenvalue weighted by Gasteiger charge is -2.33. The van der Waals surface area contributed by atoms with Gasteiger partial charge < -0.3 is 34.3 Å². The number of amides is 1. The third-order valence-electron chi connectivity index (χ3n) is 9.42. The van der Waals surface area contributed by atoms with E-state index in [4.69, 9.17) is 21.1 Å². The van der Waals surface area contributed by atoms with E-state index in [-0.39, 0.29) is 17.8 Å². The molecule has 1 unspecified atom stereocenters. The second kappa shape index (κ2) is 30.8. The van der Waals surface area contributed by atoms with E-state index in [1.54, 1.807) is 13.0 Å². The Labute approximate surface area is 340 Å². The van der Waals surface area contributed by atoms with E-state index in [2.05, 4.69) is 68.4 Å². The molecule has 1 aliphatic rings. The zero-order valence-electron chi connectivity index (χ0n) is 36.3. The molecule has 1 heterocycles. The Kier molecular flexibility index (Phi) is 28.9. The lowest BCUT2D eigenvalue weighted by Crippen LogP contribution is -2.40. The summed E-state index contributed by atoms with van der Waals surface area (Å²) >= 11 is 5.90. The number of allylic oxidation sites excluding steroid dienone is 1. The SMILES string of the molecule is C=C(CCC(C)=O)N(C)CCC(CC)N(C=O)CCC.CC(=O)Oc1c(C)cc(C)cc1Cl.CCCN(CCC)C1CCOCC1.CNc1ccccc1C. The normalized spacial score (nSPS) is 12.7. The quantitative estimate of drug-likeness (QED) is 0.0855. The molecule has 1 amide bonds. The average Bonchev–Trinajstić information content (AvgIpc) is 3.16. The Balaban J connectivity index is 0.000000733. The lowest BCUT2D eigenvalue weighted by molar-refractivity contribution is -0.132. The summed E-state index contributed by atoms with van der Waals surface area (Å²) in [7, 11) is 3.93. The van der Waals surface area contributed by atoms with Crippen LogP contribution in [-0.2, 0) is 19.1 Å². The Morgan fingerprint density at radius 2 is 1.55 bits per heavy atom. The highest BCUT2D eigenvalue weighted by Crippen LogP contribution is 2.29. The first-order chi connectivity index (χ1) is 26.2. The molecular weight excluding hydrogens is 712 g/mol. The van der Waals surface area contributed by atoms with Crippen molar-refractivity contribution < 1.29 is 23.9 Å². The minimum Gasteiger partial charge on any atom is -0.425 e. The number of anilines is 1. The molecule has 1 fully saturated rings.